The molecule has 1 fully saturated rings. The van der Waals surface area contributed by atoms with Gasteiger partial charge in [-0.3, -0.25) is 4.79 Å². The zero-order valence-electron chi connectivity index (χ0n) is 11.3. The average molecular weight is 362 g/mol. The Hall–Kier alpha value is -0.590. The molecule has 1 heterocycles. The minimum absolute atomic E-state index is 0.124. The van der Waals surface area contributed by atoms with Crippen LogP contribution in [-0.2, 0) is 4.74 Å². The van der Waals surface area contributed by atoms with Gasteiger partial charge in [0.15, 0.2) is 0 Å². The maximum atomic E-state index is 13.6. The second kappa shape index (κ2) is 7.43. The van der Waals surface area contributed by atoms with E-state index in [2.05, 4.69) is 15.9 Å². The van der Waals surface area contributed by atoms with E-state index in [1.807, 2.05) is 16.7 Å². The van der Waals surface area contributed by atoms with E-state index in [0.29, 0.717) is 23.2 Å². The second-order valence-electron chi connectivity index (χ2n) is 4.64. The molecule has 0 aromatic heterocycles. The highest BCUT2D eigenvalue weighted by atomic mass is 79.9. The fourth-order valence-electron chi connectivity index (χ4n) is 2.20. The van der Waals surface area contributed by atoms with E-state index in [0.717, 1.165) is 17.9 Å². The molecule has 1 saturated heterocycles. The molecule has 0 spiro atoms. The van der Waals surface area contributed by atoms with E-state index in [1.54, 1.807) is 19.2 Å². The van der Waals surface area contributed by atoms with Crippen molar-refractivity contribution in [2.24, 2.45) is 0 Å². The van der Waals surface area contributed by atoms with Gasteiger partial charge < -0.3 is 9.64 Å². The van der Waals surface area contributed by atoms with Crippen LogP contribution in [-0.4, -0.2) is 48.6 Å². The monoisotopic (exact) mass is 361 g/mol. The van der Waals surface area contributed by atoms with Crippen molar-refractivity contribution in [1.82, 2.24) is 4.90 Å². The fraction of sp³-hybridized carbons (Fsp3) is 0.500. The number of rotatable bonds is 5. The topological polar surface area (TPSA) is 29.5 Å². The molecule has 1 unspecified atom stereocenters. The van der Waals surface area contributed by atoms with Crippen molar-refractivity contribution in [3.8, 4) is 0 Å². The van der Waals surface area contributed by atoms with Crippen LogP contribution in [0.4, 0.5) is 4.39 Å². The molecular formula is C14H17BrFNO2S. The number of nitrogens with zero attached hydrogens (tertiary/aromatic N) is 1. The summed E-state index contributed by atoms with van der Waals surface area (Å²) in [7, 11) is 1.62. The first-order valence-corrected chi connectivity index (χ1v) is 8.41. The number of carbonyl (C=O) groups excluding carboxylic acids is 1. The van der Waals surface area contributed by atoms with Crippen molar-refractivity contribution < 1.29 is 13.9 Å². The van der Waals surface area contributed by atoms with Gasteiger partial charge in [0, 0.05) is 31.0 Å². The Morgan fingerprint density at radius 1 is 1.60 bits per heavy atom. The van der Waals surface area contributed by atoms with Gasteiger partial charge in [0.2, 0.25) is 0 Å². The molecular weight excluding hydrogens is 345 g/mol. The summed E-state index contributed by atoms with van der Waals surface area (Å²) in [5.74, 6) is 1.47. The fourth-order valence-corrected chi connectivity index (χ4v) is 3.67. The quantitative estimate of drug-likeness (QED) is 0.806. The van der Waals surface area contributed by atoms with E-state index in [-0.39, 0.29) is 11.9 Å². The maximum absolute atomic E-state index is 13.6. The number of benzene rings is 1. The molecule has 1 aliphatic heterocycles. The SMILES string of the molecule is COCCN(C(=O)c1ccc(Br)c(F)c1)C1CCSC1. The minimum Gasteiger partial charge on any atom is -0.383 e. The summed E-state index contributed by atoms with van der Waals surface area (Å²) < 4.78 is 19.0. The van der Waals surface area contributed by atoms with Crippen LogP contribution in [0.1, 0.15) is 16.8 Å². The molecule has 0 N–H and O–H groups in total. The highest BCUT2D eigenvalue weighted by Crippen LogP contribution is 2.24. The molecule has 0 aliphatic carbocycles. The Balaban J connectivity index is 2.17. The summed E-state index contributed by atoms with van der Waals surface area (Å²) in [6.45, 7) is 1.03. The molecule has 0 radical (unpaired) electrons. The van der Waals surface area contributed by atoms with Crippen LogP contribution in [0.3, 0.4) is 0 Å². The lowest BCUT2D eigenvalue weighted by atomic mass is 10.1. The number of carbonyl (C=O) groups is 1. The molecule has 1 atom stereocenters. The Labute approximate surface area is 131 Å². The standard InChI is InChI=1S/C14H17BrFNO2S/c1-19-6-5-17(11-4-7-20-9-11)14(18)10-2-3-12(15)13(16)8-10/h2-3,8,11H,4-7,9H2,1H3. The van der Waals surface area contributed by atoms with Gasteiger partial charge in [0.1, 0.15) is 5.82 Å². The number of halogens is 2. The van der Waals surface area contributed by atoms with Crippen molar-refractivity contribution in [3.63, 3.8) is 0 Å². The lowest BCUT2D eigenvalue weighted by molar-refractivity contribution is 0.0624. The van der Waals surface area contributed by atoms with E-state index < -0.39 is 5.82 Å². The molecule has 1 aromatic rings. The maximum Gasteiger partial charge on any atom is 0.254 e. The summed E-state index contributed by atoms with van der Waals surface area (Å²) in [6.07, 6.45) is 0.985. The molecule has 110 valence electrons. The molecule has 20 heavy (non-hydrogen) atoms. The summed E-state index contributed by atoms with van der Waals surface area (Å²) in [5.41, 5.74) is 0.388. The molecule has 6 heteroatoms. The normalized spacial score (nSPS) is 18.2. The zero-order chi connectivity index (χ0) is 14.5. The third kappa shape index (κ3) is 3.74. The third-order valence-electron chi connectivity index (χ3n) is 3.31. The average Bonchev–Trinajstić information content (AvgIpc) is 2.96. The molecule has 2 rings (SSSR count). The number of ether oxygens (including phenoxy) is 1. The molecule has 1 amide bonds. The van der Waals surface area contributed by atoms with Gasteiger partial charge >= 0.3 is 0 Å². The van der Waals surface area contributed by atoms with Crippen LogP contribution >= 0.6 is 27.7 Å². The predicted molar refractivity (Wildman–Crippen MR) is 82.7 cm³/mol. The van der Waals surface area contributed by atoms with Crippen LogP contribution in [0.5, 0.6) is 0 Å². The van der Waals surface area contributed by atoms with Crippen molar-refractivity contribution >= 4 is 33.6 Å². The summed E-state index contributed by atoms with van der Waals surface area (Å²) in [4.78, 5) is 14.4. The van der Waals surface area contributed by atoms with Crippen LogP contribution in [0.15, 0.2) is 22.7 Å². The van der Waals surface area contributed by atoms with Crippen molar-refractivity contribution in [1.29, 1.82) is 0 Å². The number of methoxy groups -OCH3 is 1. The lowest BCUT2D eigenvalue weighted by Crippen LogP contribution is -2.42. The largest absolute Gasteiger partial charge is 0.383 e. The Kier molecular flexibility index (Phi) is 5.86. The van der Waals surface area contributed by atoms with Crippen LogP contribution in [0, 0.1) is 5.82 Å². The number of amides is 1. The van der Waals surface area contributed by atoms with Gasteiger partial charge in [0.05, 0.1) is 11.1 Å². The summed E-state index contributed by atoms with van der Waals surface area (Å²) in [5, 5.41) is 0. The number of hydrogen-bond donors (Lipinski definition) is 0. The van der Waals surface area contributed by atoms with Crippen LogP contribution < -0.4 is 0 Å². The van der Waals surface area contributed by atoms with E-state index in [4.69, 9.17) is 4.74 Å². The van der Waals surface area contributed by atoms with Gasteiger partial charge in [0.25, 0.3) is 5.91 Å². The van der Waals surface area contributed by atoms with Crippen molar-refractivity contribution in [2.75, 3.05) is 31.8 Å². The third-order valence-corrected chi connectivity index (χ3v) is 5.10. The first-order valence-electron chi connectivity index (χ1n) is 6.46. The lowest BCUT2D eigenvalue weighted by Gasteiger charge is -2.28. The van der Waals surface area contributed by atoms with Crippen molar-refractivity contribution in [3.05, 3.63) is 34.1 Å². The van der Waals surface area contributed by atoms with Gasteiger partial charge in [-0.25, -0.2) is 4.39 Å². The van der Waals surface area contributed by atoms with E-state index in [9.17, 15) is 9.18 Å². The van der Waals surface area contributed by atoms with Crippen molar-refractivity contribution in [2.45, 2.75) is 12.5 Å². The molecule has 0 saturated carbocycles. The Morgan fingerprint density at radius 3 is 3.00 bits per heavy atom. The smallest absolute Gasteiger partial charge is 0.254 e. The van der Waals surface area contributed by atoms with Crippen LogP contribution in [0.25, 0.3) is 0 Å². The highest BCUT2D eigenvalue weighted by Gasteiger charge is 2.27. The Bertz CT molecular complexity index is 480. The zero-order valence-corrected chi connectivity index (χ0v) is 13.7. The highest BCUT2D eigenvalue weighted by molar-refractivity contribution is 9.10. The molecule has 1 aromatic carbocycles. The van der Waals surface area contributed by atoms with Gasteiger partial charge in [-0.05, 0) is 46.3 Å². The minimum atomic E-state index is -0.414. The molecule has 1 aliphatic rings. The summed E-state index contributed by atoms with van der Waals surface area (Å²) in [6, 6.07) is 4.72. The van der Waals surface area contributed by atoms with Gasteiger partial charge in [-0.2, -0.15) is 11.8 Å². The summed E-state index contributed by atoms with van der Waals surface area (Å²) >= 11 is 4.95. The second-order valence-corrected chi connectivity index (χ2v) is 6.64. The molecule has 3 nitrogen and oxygen atoms in total. The van der Waals surface area contributed by atoms with Gasteiger partial charge in [-0.1, -0.05) is 0 Å². The van der Waals surface area contributed by atoms with E-state index >= 15 is 0 Å². The Morgan fingerprint density at radius 2 is 2.40 bits per heavy atom. The number of thioether (sulfide) groups is 1. The first kappa shape index (κ1) is 15.8. The predicted octanol–water partition coefficient (Wildman–Crippen LogP) is 3.18. The molecule has 0 bridgehead atoms. The van der Waals surface area contributed by atoms with Gasteiger partial charge in [-0.15, -0.1) is 0 Å². The van der Waals surface area contributed by atoms with Crippen LogP contribution in [0.2, 0.25) is 0 Å². The number of hydrogen-bond acceptors (Lipinski definition) is 3. The van der Waals surface area contributed by atoms with E-state index in [1.165, 1.54) is 6.07 Å². The first-order chi connectivity index (χ1) is 9.63.